The third-order valence-electron chi connectivity index (χ3n) is 4.94. The third kappa shape index (κ3) is 5.99. The van der Waals surface area contributed by atoms with Crippen LogP contribution in [0.2, 0.25) is 0 Å². The minimum absolute atomic E-state index is 0.132. The van der Waals surface area contributed by atoms with Gasteiger partial charge in [0.1, 0.15) is 0 Å². The van der Waals surface area contributed by atoms with Gasteiger partial charge in [0.25, 0.3) is 0 Å². The number of carboxylic acid groups (broad SMARTS) is 1. The van der Waals surface area contributed by atoms with Crippen LogP contribution in [-0.4, -0.2) is 39.4 Å². The van der Waals surface area contributed by atoms with Crippen molar-refractivity contribution in [1.82, 2.24) is 5.32 Å². The van der Waals surface area contributed by atoms with Gasteiger partial charge in [-0.1, -0.05) is 24.3 Å². The molecule has 0 saturated carbocycles. The SMILES string of the molecule is C[C@@H](NC[C@@H](O)CC(C1CC=CCC1)[P+](=O)O)c1cccc(C(=O)O)c1. The van der Waals surface area contributed by atoms with E-state index in [-0.39, 0.29) is 30.5 Å². The number of hydrogen-bond acceptors (Lipinski definition) is 4. The Morgan fingerprint density at radius 1 is 1.38 bits per heavy atom. The van der Waals surface area contributed by atoms with Crippen molar-refractivity contribution in [2.24, 2.45) is 5.92 Å². The van der Waals surface area contributed by atoms with Crippen molar-refractivity contribution in [1.29, 1.82) is 0 Å². The fraction of sp³-hybridized carbons (Fsp3) is 0.526. The van der Waals surface area contributed by atoms with Gasteiger partial charge in [-0.3, -0.25) is 0 Å². The zero-order valence-corrected chi connectivity index (χ0v) is 15.8. The molecule has 5 atom stereocenters. The van der Waals surface area contributed by atoms with Crippen molar-refractivity contribution < 1.29 is 24.5 Å². The monoisotopic (exact) mass is 380 g/mol. The summed E-state index contributed by atoms with van der Waals surface area (Å²) >= 11 is 0. The molecule has 0 heterocycles. The molecular formula is C19H27NO5P+. The third-order valence-corrected chi connectivity index (χ3v) is 6.14. The van der Waals surface area contributed by atoms with Crippen molar-refractivity contribution in [2.75, 3.05) is 6.54 Å². The number of allylic oxidation sites excluding steroid dienone is 2. The van der Waals surface area contributed by atoms with Crippen LogP contribution in [0, 0.1) is 5.92 Å². The van der Waals surface area contributed by atoms with Crippen molar-refractivity contribution in [3.8, 4) is 0 Å². The lowest BCUT2D eigenvalue weighted by molar-refractivity contribution is 0.0696. The average Bonchev–Trinajstić information content (AvgIpc) is 2.64. The van der Waals surface area contributed by atoms with Gasteiger partial charge < -0.3 is 15.5 Å². The molecular weight excluding hydrogens is 353 g/mol. The minimum atomic E-state index is -2.34. The summed E-state index contributed by atoms with van der Waals surface area (Å²) in [4.78, 5) is 20.7. The number of carboxylic acids is 1. The summed E-state index contributed by atoms with van der Waals surface area (Å²) in [6.45, 7) is 2.17. The smallest absolute Gasteiger partial charge is 0.478 e. The van der Waals surface area contributed by atoms with Gasteiger partial charge in [-0.15, -0.1) is 0 Å². The molecule has 1 aliphatic rings. The van der Waals surface area contributed by atoms with Gasteiger partial charge >= 0.3 is 14.0 Å². The van der Waals surface area contributed by atoms with Crippen molar-refractivity contribution in [3.63, 3.8) is 0 Å². The van der Waals surface area contributed by atoms with E-state index in [1.165, 1.54) is 6.07 Å². The van der Waals surface area contributed by atoms with Gasteiger partial charge in [-0.2, -0.15) is 4.89 Å². The first-order chi connectivity index (χ1) is 12.4. The second-order valence-corrected chi connectivity index (χ2v) is 8.13. The van der Waals surface area contributed by atoms with Crippen LogP contribution < -0.4 is 5.32 Å². The second kappa shape index (κ2) is 9.93. The molecule has 1 aromatic rings. The van der Waals surface area contributed by atoms with Crippen molar-refractivity contribution in [2.45, 2.75) is 50.4 Å². The van der Waals surface area contributed by atoms with Crippen LogP contribution >= 0.6 is 8.03 Å². The maximum absolute atomic E-state index is 11.7. The first kappa shape index (κ1) is 20.7. The van der Waals surface area contributed by atoms with E-state index in [0.29, 0.717) is 0 Å². The van der Waals surface area contributed by atoms with Gasteiger partial charge in [0.05, 0.1) is 11.7 Å². The van der Waals surface area contributed by atoms with Crippen LogP contribution in [0.4, 0.5) is 0 Å². The Morgan fingerprint density at radius 3 is 2.77 bits per heavy atom. The highest BCUT2D eigenvalue weighted by Crippen LogP contribution is 2.38. The molecule has 142 valence electrons. The molecule has 6 nitrogen and oxygen atoms in total. The van der Waals surface area contributed by atoms with Crippen LogP contribution in [0.1, 0.15) is 54.6 Å². The topological polar surface area (TPSA) is 107 Å². The fourth-order valence-electron chi connectivity index (χ4n) is 3.36. The summed E-state index contributed by atoms with van der Waals surface area (Å²) in [7, 11) is -2.34. The summed E-state index contributed by atoms with van der Waals surface area (Å²) in [5.74, 6) is -0.844. The molecule has 1 aliphatic carbocycles. The molecule has 26 heavy (non-hydrogen) atoms. The fourth-order valence-corrected chi connectivity index (χ4v) is 4.42. The highest BCUT2D eigenvalue weighted by Gasteiger charge is 2.38. The van der Waals surface area contributed by atoms with E-state index in [1.807, 2.05) is 19.1 Å². The summed E-state index contributed by atoms with van der Waals surface area (Å²) in [6.07, 6.45) is 6.24. The Balaban J connectivity index is 1.89. The summed E-state index contributed by atoms with van der Waals surface area (Å²) in [5.41, 5.74) is 0.635. The lowest BCUT2D eigenvalue weighted by Gasteiger charge is -2.23. The zero-order valence-electron chi connectivity index (χ0n) is 14.9. The van der Waals surface area contributed by atoms with Gasteiger partial charge in [0.15, 0.2) is 5.66 Å². The molecule has 0 aromatic heterocycles. The van der Waals surface area contributed by atoms with Crippen molar-refractivity contribution in [3.05, 3.63) is 47.5 Å². The molecule has 7 heteroatoms. The summed E-state index contributed by atoms with van der Waals surface area (Å²) < 4.78 is 11.7. The zero-order chi connectivity index (χ0) is 19.1. The Labute approximate surface area is 154 Å². The number of carbonyl (C=O) groups is 1. The molecule has 0 saturated heterocycles. The number of rotatable bonds is 9. The van der Waals surface area contributed by atoms with Crippen LogP contribution in [0.15, 0.2) is 36.4 Å². The molecule has 1 aromatic carbocycles. The number of aliphatic hydroxyl groups is 1. The molecule has 4 N–H and O–H groups in total. The first-order valence-electron chi connectivity index (χ1n) is 8.93. The Hall–Kier alpha value is -1.59. The minimum Gasteiger partial charge on any atom is -0.478 e. The normalized spacial score (nSPS) is 21.0. The van der Waals surface area contributed by atoms with Crippen LogP contribution in [0.3, 0.4) is 0 Å². The number of nitrogens with one attached hydrogen (secondary N) is 1. The Morgan fingerprint density at radius 2 is 2.15 bits per heavy atom. The van der Waals surface area contributed by atoms with Crippen LogP contribution in [-0.2, 0) is 4.57 Å². The highest BCUT2D eigenvalue weighted by molar-refractivity contribution is 7.38. The van der Waals surface area contributed by atoms with Gasteiger partial charge in [0.2, 0.25) is 0 Å². The van der Waals surface area contributed by atoms with E-state index in [0.717, 1.165) is 24.8 Å². The largest absolute Gasteiger partial charge is 0.509 e. The number of benzene rings is 1. The van der Waals surface area contributed by atoms with E-state index >= 15 is 0 Å². The second-order valence-electron chi connectivity index (χ2n) is 6.86. The average molecular weight is 380 g/mol. The van der Waals surface area contributed by atoms with Crippen molar-refractivity contribution >= 4 is 14.0 Å². The van der Waals surface area contributed by atoms with Gasteiger partial charge in [-0.05, 0) is 48.4 Å². The Kier molecular flexibility index (Phi) is 7.91. The maximum atomic E-state index is 11.7. The predicted octanol–water partition coefficient (Wildman–Crippen LogP) is 3.25. The van der Waals surface area contributed by atoms with E-state index in [1.54, 1.807) is 12.1 Å². The molecule has 0 amide bonds. The molecule has 0 fully saturated rings. The molecule has 2 rings (SSSR count). The molecule has 3 unspecified atom stereocenters. The quantitative estimate of drug-likeness (QED) is 0.387. The molecule has 0 radical (unpaired) electrons. The molecule has 0 bridgehead atoms. The van der Waals surface area contributed by atoms with E-state index in [9.17, 15) is 19.4 Å². The summed E-state index contributed by atoms with van der Waals surface area (Å²) in [6, 6.07) is 6.53. The number of hydrogen-bond donors (Lipinski definition) is 4. The molecule has 0 spiro atoms. The van der Waals surface area contributed by atoms with E-state index in [4.69, 9.17) is 5.11 Å². The van der Waals surface area contributed by atoms with Gasteiger partial charge in [-0.25, -0.2) is 4.79 Å². The lowest BCUT2D eigenvalue weighted by atomic mass is 9.88. The molecule has 0 aliphatic heterocycles. The predicted molar refractivity (Wildman–Crippen MR) is 101 cm³/mol. The Bertz CT molecular complexity index is 663. The van der Waals surface area contributed by atoms with E-state index < -0.39 is 25.8 Å². The number of aliphatic hydroxyl groups excluding tert-OH is 1. The summed E-state index contributed by atoms with van der Waals surface area (Å²) in [5, 5.41) is 22.6. The van der Waals surface area contributed by atoms with Crippen LogP contribution in [0.25, 0.3) is 0 Å². The van der Waals surface area contributed by atoms with E-state index in [2.05, 4.69) is 11.4 Å². The van der Waals surface area contributed by atoms with Crippen LogP contribution in [0.5, 0.6) is 0 Å². The highest BCUT2D eigenvalue weighted by atomic mass is 31.1. The standard InChI is InChI=1S/C19H26NO5P/c1-13(15-8-5-9-16(10-15)19(22)23)20-12-17(21)11-18(26(24)25)14-6-3-2-4-7-14/h2-3,5,8-10,13-14,17-18,20-21H,4,6-7,11-12H2,1H3,(H-,22,23,24,25)/p+1/t13-,14?,17+,18?/m1/s1. The number of aromatic carboxylic acids is 1. The van der Waals surface area contributed by atoms with Gasteiger partial charge in [0, 0.05) is 24.9 Å². The maximum Gasteiger partial charge on any atom is 0.509 e. The lowest BCUT2D eigenvalue weighted by Crippen LogP contribution is -2.33. The first-order valence-corrected chi connectivity index (χ1v) is 10.2.